The maximum Gasteiger partial charge on any atom is 0.0656 e. The molecule has 0 bridgehead atoms. The molecule has 1 rings (SSSR count). The second-order valence-electron chi connectivity index (χ2n) is 3.54. The second kappa shape index (κ2) is 6.36. The van der Waals surface area contributed by atoms with Crippen molar-refractivity contribution in [2.75, 3.05) is 13.1 Å². The average molecular weight is 233 g/mol. The van der Waals surface area contributed by atoms with Gasteiger partial charge in [0, 0.05) is 23.9 Å². The molecule has 0 atom stereocenters. The van der Waals surface area contributed by atoms with E-state index in [-0.39, 0.29) is 0 Å². The predicted molar refractivity (Wildman–Crippen MR) is 62.3 cm³/mol. The first-order valence-electron chi connectivity index (χ1n) is 5.12. The summed E-state index contributed by atoms with van der Waals surface area (Å²) in [7, 11) is 0. The minimum atomic E-state index is 0.608. The lowest BCUT2D eigenvalue weighted by molar-refractivity contribution is 0.389. The number of hydrogen-bond acceptors (Lipinski definition) is 1. The Hall–Kier alpha value is -0.140. The first-order chi connectivity index (χ1) is 6.72. The van der Waals surface area contributed by atoms with E-state index in [4.69, 9.17) is 23.2 Å². The zero-order valence-electron chi connectivity index (χ0n) is 8.52. The van der Waals surface area contributed by atoms with Crippen LogP contribution in [0.2, 0.25) is 0 Å². The molecule has 0 unspecified atom stereocenters. The van der Waals surface area contributed by atoms with Crippen LogP contribution in [-0.4, -0.2) is 18.0 Å². The van der Waals surface area contributed by atoms with Crippen molar-refractivity contribution in [2.24, 2.45) is 0 Å². The van der Waals surface area contributed by atoms with Gasteiger partial charge in [-0.15, -0.1) is 0 Å². The number of rotatable bonds is 5. The van der Waals surface area contributed by atoms with E-state index in [1.165, 1.54) is 25.7 Å². The monoisotopic (exact) mass is 232 g/mol. The van der Waals surface area contributed by atoms with Crippen molar-refractivity contribution >= 4 is 23.2 Å². The average Bonchev–Trinajstić information content (AvgIpc) is 2.11. The first kappa shape index (κ1) is 11.9. The molecule has 0 saturated heterocycles. The second-order valence-corrected chi connectivity index (χ2v) is 4.40. The standard InChI is InChI=1S/C11H16Cl2N/c1-2-3-4-5-6-14-8-10(12)7-11(13)9-14/h8H,2-6,9H2,1H3. The summed E-state index contributed by atoms with van der Waals surface area (Å²) < 4.78 is 0. The molecule has 1 aliphatic heterocycles. The zero-order valence-corrected chi connectivity index (χ0v) is 10.0. The summed E-state index contributed by atoms with van der Waals surface area (Å²) in [4.78, 5) is 2.15. The molecule has 1 nitrogen and oxygen atoms in total. The Labute approximate surface area is 96.4 Å². The van der Waals surface area contributed by atoms with Crippen molar-refractivity contribution in [1.82, 2.24) is 4.90 Å². The topological polar surface area (TPSA) is 3.24 Å². The van der Waals surface area contributed by atoms with E-state index < -0.39 is 0 Å². The maximum absolute atomic E-state index is 5.88. The van der Waals surface area contributed by atoms with Crippen molar-refractivity contribution in [3.8, 4) is 0 Å². The quantitative estimate of drug-likeness (QED) is 0.651. The van der Waals surface area contributed by atoms with Crippen molar-refractivity contribution in [3.05, 3.63) is 22.3 Å². The van der Waals surface area contributed by atoms with Gasteiger partial charge >= 0.3 is 0 Å². The molecule has 0 aliphatic carbocycles. The number of allylic oxidation sites excluding steroid dienone is 2. The van der Waals surface area contributed by atoms with Crippen LogP contribution in [0.15, 0.2) is 16.3 Å². The summed E-state index contributed by atoms with van der Waals surface area (Å²) in [6.45, 7) is 4.00. The largest absolute Gasteiger partial charge is 0.371 e. The maximum atomic E-state index is 5.88. The molecule has 79 valence electrons. The SMILES string of the molecule is CCCCCCN1C=C(Cl)[C]=C(Cl)C1. The number of halogens is 2. The van der Waals surface area contributed by atoms with Crippen LogP contribution in [-0.2, 0) is 0 Å². The van der Waals surface area contributed by atoms with Crippen LogP contribution >= 0.6 is 23.2 Å². The molecule has 0 fully saturated rings. The molecule has 0 amide bonds. The molecular weight excluding hydrogens is 217 g/mol. The Morgan fingerprint density at radius 1 is 1.36 bits per heavy atom. The van der Waals surface area contributed by atoms with Gasteiger partial charge in [-0.1, -0.05) is 49.4 Å². The lowest BCUT2D eigenvalue weighted by atomic mass is 10.2. The van der Waals surface area contributed by atoms with E-state index in [1.807, 2.05) is 6.20 Å². The molecule has 0 saturated carbocycles. The fourth-order valence-electron chi connectivity index (χ4n) is 1.47. The Morgan fingerprint density at radius 3 is 2.79 bits per heavy atom. The van der Waals surface area contributed by atoms with Gasteiger partial charge in [-0.05, 0) is 6.42 Å². The van der Waals surface area contributed by atoms with Gasteiger partial charge in [0.2, 0.25) is 0 Å². The van der Waals surface area contributed by atoms with Crippen LogP contribution in [0.5, 0.6) is 0 Å². The van der Waals surface area contributed by atoms with Gasteiger partial charge in [-0.25, -0.2) is 0 Å². The third-order valence-electron chi connectivity index (χ3n) is 2.19. The summed E-state index contributed by atoms with van der Waals surface area (Å²) >= 11 is 11.7. The highest BCUT2D eigenvalue weighted by molar-refractivity contribution is 6.34. The van der Waals surface area contributed by atoms with Gasteiger partial charge in [0.1, 0.15) is 0 Å². The molecule has 0 aromatic rings. The highest BCUT2D eigenvalue weighted by atomic mass is 35.5. The molecular formula is C11H16Cl2N. The van der Waals surface area contributed by atoms with Crippen molar-refractivity contribution in [1.29, 1.82) is 0 Å². The Bertz CT molecular complexity index is 233. The van der Waals surface area contributed by atoms with E-state index in [0.717, 1.165) is 13.1 Å². The lowest BCUT2D eigenvalue weighted by Crippen LogP contribution is -2.22. The molecule has 1 aliphatic rings. The van der Waals surface area contributed by atoms with Crippen molar-refractivity contribution < 1.29 is 0 Å². The van der Waals surface area contributed by atoms with Gasteiger partial charge in [0.05, 0.1) is 11.6 Å². The molecule has 0 aromatic carbocycles. The van der Waals surface area contributed by atoms with Crippen LogP contribution in [0, 0.1) is 6.08 Å². The Morgan fingerprint density at radius 2 is 2.14 bits per heavy atom. The van der Waals surface area contributed by atoms with Gasteiger partial charge in [-0.2, -0.15) is 0 Å². The fourth-order valence-corrected chi connectivity index (χ4v) is 2.03. The summed E-state index contributed by atoms with van der Waals surface area (Å²) in [6, 6.07) is 0. The summed E-state index contributed by atoms with van der Waals surface area (Å²) in [6.07, 6.45) is 9.86. The highest BCUT2D eigenvalue weighted by Crippen LogP contribution is 2.18. The van der Waals surface area contributed by atoms with Crippen LogP contribution in [0.25, 0.3) is 0 Å². The lowest BCUT2D eigenvalue weighted by Gasteiger charge is -2.23. The number of unbranched alkanes of at least 4 members (excludes halogenated alkanes) is 3. The van der Waals surface area contributed by atoms with E-state index in [1.54, 1.807) is 0 Å². The molecule has 1 radical (unpaired) electrons. The zero-order chi connectivity index (χ0) is 10.4. The summed E-state index contributed by atoms with van der Waals surface area (Å²) in [5.74, 6) is 0. The third-order valence-corrected chi connectivity index (χ3v) is 2.60. The molecule has 0 spiro atoms. The molecule has 0 N–H and O–H groups in total. The summed E-state index contributed by atoms with van der Waals surface area (Å²) in [5, 5.41) is 1.31. The van der Waals surface area contributed by atoms with Gasteiger partial charge in [0.25, 0.3) is 0 Å². The van der Waals surface area contributed by atoms with E-state index in [9.17, 15) is 0 Å². The molecule has 14 heavy (non-hydrogen) atoms. The smallest absolute Gasteiger partial charge is 0.0656 e. The minimum Gasteiger partial charge on any atom is -0.371 e. The molecule has 3 heteroatoms. The van der Waals surface area contributed by atoms with Crippen LogP contribution < -0.4 is 0 Å². The minimum absolute atomic E-state index is 0.608. The molecule has 1 heterocycles. The summed E-state index contributed by atoms with van der Waals surface area (Å²) in [5.41, 5.74) is 0. The van der Waals surface area contributed by atoms with E-state index in [2.05, 4.69) is 17.9 Å². The van der Waals surface area contributed by atoms with Crippen molar-refractivity contribution in [2.45, 2.75) is 32.6 Å². The van der Waals surface area contributed by atoms with Gasteiger partial charge in [0.15, 0.2) is 0 Å². The van der Waals surface area contributed by atoms with Gasteiger partial charge < -0.3 is 4.90 Å². The van der Waals surface area contributed by atoms with E-state index in [0.29, 0.717) is 10.1 Å². The number of nitrogens with zero attached hydrogens (tertiary/aromatic N) is 1. The highest BCUT2D eigenvalue weighted by Gasteiger charge is 2.09. The Balaban J connectivity index is 2.23. The van der Waals surface area contributed by atoms with Crippen molar-refractivity contribution in [3.63, 3.8) is 0 Å². The van der Waals surface area contributed by atoms with Crippen LogP contribution in [0.1, 0.15) is 32.6 Å². The van der Waals surface area contributed by atoms with Crippen LogP contribution in [0.4, 0.5) is 0 Å². The predicted octanol–water partition coefficient (Wildman–Crippen LogP) is 3.89. The molecule has 0 aromatic heterocycles. The van der Waals surface area contributed by atoms with E-state index >= 15 is 0 Å². The van der Waals surface area contributed by atoms with Gasteiger partial charge in [-0.3, -0.25) is 0 Å². The fraction of sp³-hybridized carbons (Fsp3) is 0.636. The van der Waals surface area contributed by atoms with Crippen LogP contribution in [0.3, 0.4) is 0 Å². The third kappa shape index (κ3) is 4.39. The Kier molecular flexibility index (Phi) is 5.42. The first-order valence-corrected chi connectivity index (χ1v) is 5.87. The number of hydrogen-bond donors (Lipinski definition) is 0. The normalized spacial score (nSPS) is 16.6.